The number of hydrogen-bond acceptors (Lipinski definition) is 5. The minimum absolute atomic E-state index is 0.0129. The van der Waals surface area contributed by atoms with E-state index in [9.17, 15) is 28.1 Å². The van der Waals surface area contributed by atoms with E-state index in [4.69, 9.17) is 9.84 Å². The Labute approximate surface area is 192 Å². The van der Waals surface area contributed by atoms with Gasteiger partial charge in [-0.15, -0.1) is 0 Å². The van der Waals surface area contributed by atoms with Gasteiger partial charge in [0.05, 0.1) is 22.5 Å². The van der Waals surface area contributed by atoms with E-state index in [-0.39, 0.29) is 18.0 Å². The number of carboxylic acid groups (broad SMARTS) is 1. The summed E-state index contributed by atoms with van der Waals surface area (Å²) in [6.07, 6.45) is -2.83. The molecule has 1 aromatic heterocycles. The van der Waals surface area contributed by atoms with Gasteiger partial charge in [-0.2, -0.15) is 13.2 Å². The van der Waals surface area contributed by atoms with Crippen molar-refractivity contribution in [1.82, 2.24) is 9.55 Å². The SMILES string of the molecule is CC(C)(C)C(Cn1cnc(-c2ccc(C(F)(F)F)cc2)c1)c1cc([N+](=O)[O-])ccc1OC(=O)O. The van der Waals surface area contributed by atoms with Gasteiger partial charge in [0, 0.05) is 41.9 Å². The summed E-state index contributed by atoms with van der Waals surface area (Å²) in [5.41, 5.74) is -0.177. The molecule has 0 amide bonds. The number of aromatic nitrogens is 2. The Morgan fingerprint density at radius 2 is 1.82 bits per heavy atom. The Balaban J connectivity index is 1.96. The van der Waals surface area contributed by atoms with Crippen LogP contribution in [0.15, 0.2) is 55.0 Å². The van der Waals surface area contributed by atoms with Crippen LogP contribution in [0.4, 0.5) is 23.7 Å². The largest absolute Gasteiger partial charge is 0.511 e. The molecule has 0 aliphatic rings. The van der Waals surface area contributed by atoms with Crippen molar-refractivity contribution in [3.8, 4) is 17.0 Å². The normalized spacial score (nSPS) is 12.9. The molecule has 0 saturated carbocycles. The zero-order valence-corrected chi connectivity index (χ0v) is 18.5. The topological polar surface area (TPSA) is 107 Å². The highest BCUT2D eigenvalue weighted by Gasteiger charge is 2.32. The predicted molar refractivity (Wildman–Crippen MR) is 117 cm³/mol. The predicted octanol–water partition coefficient (Wildman–Crippen LogP) is 6.36. The molecule has 8 nitrogen and oxygen atoms in total. The number of rotatable bonds is 6. The monoisotopic (exact) mass is 477 g/mol. The Morgan fingerprint density at radius 1 is 1.18 bits per heavy atom. The number of hydrogen-bond donors (Lipinski definition) is 1. The molecule has 1 heterocycles. The maximum Gasteiger partial charge on any atom is 0.511 e. The van der Waals surface area contributed by atoms with E-state index in [2.05, 4.69) is 4.98 Å². The van der Waals surface area contributed by atoms with Crippen LogP contribution < -0.4 is 4.74 Å². The smallest absolute Gasteiger partial charge is 0.449 e. The van der Waals surface area contributed by atoms with Crippen LogP contribution in [-0.4, -0.2) is 25.7 Å². The van der Waals surface area contributed by atoms with E-state index < -0.39 is 34.2 Å². The molecular formula is C23H22F3N3O5. The minimum atomic E-state index is -4.44. The maximum atomic E-state index is 12.8. The lowest BCUT2D eigenvalue weighted by atomic mass is 9.76. The zero-order chi connectivity index (χ0) is 25.3. The fraction of sp³-hybridized carbons (Fsp3) is 0.304. The van der Waals surface area contributed by atoms with Gasteiger partial charge in [0.1, 0.15) is 5.75 Å². The number of halogens is 3. The molecular weight excluding hydrogens is 455 g/mol. The Morgan fingerprint density at radius 3 is 2.35 bits per heavy atom. The number of carbonyl (C=O) groups is 1. The van der Waals surface area contributed by atoms with Crippen LogP contribution >= 0.6 is 0 Å². The van der Waals surface area contributed by atoms with Crippen molar-refractivity contribution in [2.24, 2.45) is 5.41 Å². The number of non-ortho nitro benzene ring substituents is 1. The summed E-state index contributed by atoms with van der Waals surface area (Å²) < 4.78 is 45.1. The van der Waals surface area contributed by atoms with Gasteiger partial charge in [-0.25, -0.2) is 9.78 Å². The number of imidazole rings is 1. The molecule has 0 saturated heterocycles. The summed E-state index contributed by atoms with van der Waals surface area (Å²) in [5, 5.41) is 20.4. The van der Waals surface area contributed by atoms with Gasteiger partial charge in [0.2, 0.25) is 0 Å². The first-order chi connectivity index (χ1) is 15.8. The number of nitro benzene ring substituents is 1. The van der Waals surface area contributed by atoms with Crippen molar-refractivity contribution in [3.05, 3.63) is 76.2 Å². The van der Waals surface area contributed by atoms with Gasteiger partial charge < -0.3 is 14.4 Å². The van der Waals surface area contributed by atoms with Crippen LogP contribution in [0.3, 0.4) is 0 Å². The van der Waals surface area contributed by atoms with Crippen molar-refractivity contribution >= 4 is 11.8 Å². The van der Waals surface area contributed by atoms with E-state index in [1.54, 1.807) is 10.8 Å². The molecule has 0 bridgehead atoms. The van der Waals surface area contributed by atoms with E-state index in [0.717, 1.165) is 12.1 Å². The average molecular weight is 477 g/mol. The molecule has 0 fully saturated rings. The summed E-state index contributed by atoms with van der Waals surface area (Å²) in [5.74, 6) is -0.447. The van der Waals surface area contributed by atoms with Crippen molar-refractivity contribution in [2.45, 2.75) is 39.4 Å². The second-order valence-corrected chi connectivity index (χ2v) is 8.80. The molecule has 11 heteroatoms. The number of ether oxygens (including phenoxy) is 1. The van der Waals surface area contributed by atoms with Crippen molar-refractivity contribution in [1.29, 1.82) is 0 Å². The number of benzene rings is 2. The van der Waals surface area contributed by atoms with Gasteiger partial charge in [-0.3, -0.25) is 10.1 Å². The second kappa shape index (κ2) is 9.16. The van der Waals surface area contributed by atoms with Crippen LogP contribution in [0.1, 0.15) is 37.8 Å². The second-order valence-electron chi connectivity index (χ2n) is 8.80. The van der Waals surface area contributed by atoms with E-state index in [1.165, 1.54) is 36.7 Å². The van der Waals surface area contributed by atoms with Crippen LogP contribution in [0.5, 0.6) is 5.75 Å². The van der Waals surface area contributed by atoms with Crippen LogP contribution in [0.25, 0.3) is 11.3 Å². The number of alkyl halides is 3. The fourth-order valence-corrected chi connectivity index (χ4v) is 3.60. The summed E-state index contributed by atoms with van der Waals surface area (Å²) in [4.78, 5) is 26.2. The standard InChI is InChI=1S/C23H22F3N3O5/c1-22(2,3)18(17-10-16(29(32)33)8-9-20(17)34-21(30)31)11-28-12-19(27-13-28)14-4-6-15(7-5-14)23(24,25)26/h4-10,12-13,18H,11H2,1-3H3,(H,30,31). The molecule has 0 spiro atoms. The number of nitro groups is 1. The minimum Gasteiger partial charge on any atom is -0.449 e. The molecule has 180 valence electrons. The van der Waals surface area contributed by atoms with Gasteiger partial charge in [0.15, 0.2) is 0 Å². The third-order valence-corrected chi connectivity index (χ3v) is 5.36. The Bertz CT molecular complexity index is 1200. The summed E-state index contributed by atoms with van der Waals surface area (Å²) in [6.45, 7) is 5.95. The fourth-order valence-electron chi connectivity index (χ4n) is 3.60. The summed E-state index contributed by atoms with van der Waals surface area (Å²) in [7, 11) is 0. The molecule has 1 atom stereocenters. The highest BCUT2D eigenvalue weighted by Crippen LogP contribution is 2.42. The molecule has 2 aromatic carbocycles. The molecule has 0 aliphatic heterocycles. The maximum absolute atomic E-state index is 12.8. The highest BCUT2D eigenvalue weighted by molar-refractivity contribution is 5.63. The first-order valence-corrected chi connectivity index (χ1v) is 10.1. The molecule has 3 aromatic rings. The van der Waals surface area contributed by atoms with E-state index in [0.29, 0.717) is 16.8 Å². The Hall–Kier alpha value is -3.89. The molecule has 0 radical (unpaired) electrons. The van der Waals surface area contributed by atoms with Crippen molar-refractivity contribution in [3.63, 3.8) is 0 Å². The van der Waals surface area contributed by atoms with Crippen LogP contribution in [0, 0.1) is 15.5 Å². The third kappa shape index (κ3) is 5.72. The van der Waals surface area contributed by atoms with Gasteiger partial charge in [-0.05, 0) is 23.6 Å². The Kier molecular flexibility index (Phi) is 6.67. The lowest BCUT2D eigenvalue weighted by Crippen LogP contribution is -2.24. The zero-order valence-electron chi connectivity index (χ0n) is 18.5. The number of nitrogens with zero attached hydrogens (tertiary/aromatic N) is 3. The average Bonchev–Trinajstić information content (AvgIpc) is 3.19. The van der Waals surface area contributed by atoms with Crippen LogP contribution in [0.2, 0.25) is 0 Å². The van der Waals surface area contributed by atoms with Crippen molar-refractivity contribution < 1.29 is 32.7 Å². The van der Waals surface area contributed by atoms with Gasteiger partial charge in [0.25, 0.3) is 5.69 Å². The molecule has 34 heavy (non-hydrogen) atoms. The first kappa shape index (κ1) is 24.7. The molecule has 0 aliphatic carbocycles. The van der Waals surface area contributed by atoms with E-state index >= 15 is 0 Å². The first-order valence-electron chi connectivity index (χ1n) is 10.1. The van der Waals surface area contributed by atoms with E-state index in [1.807, 2.05) is 20.8 Å². The molecule has 1 unspecified atom stereocenters. The quantitative estimate of drug-likeness (QED) is 0.191. The lowest BCUT2D eigenvalue weighted by molar-refractivity contribution is -0.385. The lowest BCUT2D eigenvalue weighted by Gasteiger charge is -2.32. The van der Waals surface area contributed by atoms with Crippen LogP contribution in [-0.2, 0) is 12.7 Å². The third-order valence-electron chi connectivity index (χ3n) is 5.36. The molecule has 1 N–H and O–H groups in total. The van der Waals surface area contributed by atoms with Gasteiger partial charge >= 0.3 is 12.3 Å². The molecule has 3 rings (SSSR count). The van der Waals surface area contributed by atoms with Gasteiger partial charge in [-0.1, -0.05) is 32.9 Å². The highest BCUT2D eigenvalue weighted by atomic mass is 19.4. The summed E-state index contributed by atoms with van der Waals surface area (Å²) >= 11 is 0. The summed E-state index contributed by atoms with van der Waals surface area (Å²) in [6, 6.07) is 8.33. The van der Waals surface area contributed by atoms with Crippen molar-refractivity contribution in [2.75, 3.05) is 0 Å².